The van der Waals surface area contributed by atoms with Crippen LogP contribution in [0.5, 0.6) is 0 Å². The van der Waals surface area contributed by atoms with Gasteiger partial charge < -0.3 is 9.64 Å². The summed E-state index contributed by atoms with van der Waals surface area (Å²) < 4.78 is 99.2. The highest BCUT2D eigenvalue weighted by Gasteiger charge is 2.49. The first-order chi connectivity index (χ1) is 16.2. The number of rotatable bonds is 4. The maximum atomic E-state index is 13.5. The molecule has 4 atom stereocenters. The van der Waals surface area contributed by atoms with Gasteiger partial charge in [-0.1, -0.05) is 12.1 Å². The van der Waals surface area contributed by atoms with Crippen LogP contribution < -0.4 is 0 Å². The Morgan fingerprint density at radius 3 is 2.06 bits per heavy atom. The largest absolute Gasteiger partial charge is 0.416 e. The Morgan fingerprint density at radius 1 is 0.943 bits per heavy atom. The lowest BCUT2D eigenvalue weighted by atomic mass is 9.85. The highest BCUT2D eigenvalue weighted by molar-refractivity contribution is 6.01. The normalized spacial score (nSPS) is 24.0. The number of amides is 1. The SMILES string of the molecule is C[C@@H](O[C@H]1CN2C(=O)CC(=O)C[C@H]2[C@@H]1c1ccc(F)cc1)c1cc(C(F)(F)F)cc(C(F)(F)F)c1. The number of alkyl halides is 6. The predicted molar refractivity (Wildman–Crippen MR) is 109 cm³/mol. The van der Waals surface area contributed by atoms with Crippen LogP contribution in [0.2, 0.25) is 0 Å². The molecule has 4 nitrogen and oxygen atoms in total. The minimum absolute atomic E-state index is 0.00570. The maximum Gasteiger partial charge on any atom is 0.416 e. The van der Waals surface area contributed by atoms with Gasteiger partial charge in [0.1, 0.15) is 11.6 Å². The maximum absolute atomic E-state index is 13.5. The molecular formula is C24H20F7NO3. The van der Waals surface area contributed by atoms with E-state index < -0.39 is 59.4 Å². The molecule has 0 radical (unpaired) electrons. The van der Waals surface area contributed by atoms with Crippen molar-refractivity contribution in [3.8, 4) is 0 Å². The first kappa shape index (κ1) is 25.2. The molecule has 11 heteroatoms. The van der Waals surface area contributed by atoms with Crippen molar-refractivity contribution in [1.82, 2.24) is 4.90 Å². The molecule has 2 fully saturated rings. The summed E-state index contributed by atoms with van der Waals surface area (Å²) in [7, 11) is 0. The van der Waals surface area contributed by atoms with Gasteiger partial charge in [0.15, 0.2) is 0 Å². The number of ether oxygens (including phenoxy) is 1. The minimum Gasteiger partial charge on any atom is -0.368 e. The van der Waals surface area contributed by atoms with Gasteiger partial charge in [-0.05, 0) is 48.4 Å². The van der Waals surface area contributed by atoms with Crippen molar-refractivity contribution in [1.29, 1.82) is 0 Å². The van der Waals surface area contributed by atoms with Gasteiger partial charge in [0.2, 0.25) is 5.91 Å². The summed E-state index contributed by atoms with van der Waals surface area (Å²) in [6, 6.07) is 5.92. The molecule has 2 aromatic rings. The van der Waals surface area contributed by atoms with Crippen LogP contribution in [-0.4, -0.2) is 35.3 Å². The number of nitrogens with zero attached hydrogens (tertiary/aromatic N) is 1. The van der Waals surface area contributed by atoms with E-state index in [-0.39, 0.29) is 36.8 Å². The fourth-order valence-electron chi connectivity index (χ4n) is 4.79. The second kappa shape index (κ2) is 8.92. The van der Waals surface area contributed by atoms with E-state index in [1.165, 1.54) is 36.1 Å². The van der Waals surface area contributed by atoms with E-state index in [0.29, 0.717) is 17.7 Å². The highest BCUT2D eigenvalue weighted by Crippen LogP contribution is 2.43. The van der Waals surface area contributed by atoms with Crippen molar-refractivity contribution in [3.05, 3.63) is 70.5 Å². The van der Waals surface area contributed by atoms with Crippen LogP contribution in [0.1, 0.15) is 54.0 Å². The Morgan fingerprint density at radius 2 is 1.51 bits per heavy atom. The van der Waals surface area contributed by atoms with Crippen LogP contribution in [0.15, 0.2) is 42.5 Å². The van der Waals surface area contributed by atoms with Crippen LogP contribution in [0, 0.1) is 5.82 Å². The van der Waals surface area contributed by atoms with Gasteiger partial charge in [-0.3, -0.25) is 9.59 Å². The van der Waals surface area contributed by atoms with Crippen LogP contribution in [-0.2, 0) is 26.7 Å². The summed E-state index contributed by atoms with van der Waals surface area (Å²) in [5.41, 5.74) is -2.72. The predicted octanol–water partition coefficient (Wildman–Crippen LogP) is 5.67. The number of hydrogen-bond acceptors (Lipinski definition) is 3. The van der Waals surface area contributed by atoms with Crippen LogP contribution in [0.4, 0.5) is 30.7 Å². The average Bonchev–Trinajstić information content (AvgIpc) is 3.11. The summed E-state index contributed by atoms with van der Waals surface area (Å²) in [6.07, 6.45) is -12.3. The molecule has 0 bridgehead atoms. The molecule has 188 valence electrons. The van der Waals surface area contributed by atoms with E-state index in [0.717, 1.165) is 0 Å². The number of fused-ring (bicyclic) bond motifs is 1. The van der Waals surface area contributed by atoms with Gasteiger partial charge >= 0.3 is 12.4 Å². The quantitative estimate of drug-likeness (QED) is 0.399. The number of piperidine rings is 1. The van der Waals surface area contributed by atoms with Gasteiger partial charge in [0.25, 0.3) is 0 Å². The number of benzene rings is 2. The molecule has 0 unspecified atom stereocenters. The Labute approximate surface area is 195 Å². The number of carbonyl (C=O) groups excluding carboxylic acids is 2. The zero-order valence-corrected chi connectivity index (χ0v) is 18.3. The number of halogens is 7. The molecule has 0 aliphatic carbocycles. The average molecular weight is 503 g/mol. The molecular weight excluding hydrogens is 483 g/mol. The number of hydrogen-bond donors (Lipinski definition) is 0. The fourth-order valence-corrected chi connectivity index (χ4v) is 4.79. The number of ketones is 1. The van der Waals surface area contributed by atoms with Crippen molar-refractivity contribution in [3.63, 3.8) is 0 Å². The molecule has 4 rings (SSSR count). The van der Waals surface area contributed by atoms with Gasteiger partial charge in [0.05, 0.1) is 29.8 Å². The van der Waals surface area contributed by atoms with Gasteiger partial charge in [-0.2, -0.15) is 26.3 Å². The molecule has 0 spiro atoms. The minimum atomic E-state index is -5.01. The first-order valence-electron chi connectivity index (χ1n) is 10.8. The first-order valence-corrected chi connectivity index (χ1v) is 10.8. The van der Waals surface area contributed by atoms with Crippen LogP contribution in [0.25, 0.3) is 0 Å². The number of carbonyl (C=O) groups is 2. The summed E-state index contributed by atoms with van der Waals surface area (Å²) in [4.78, 5) is 26.0. The Balaban J connectivity index is 1.69. The van der Waals surface area contributed by atoms with Crippen molar-refractivity contribution >= 4 is 11.7 Å². The Bertz CT molecular complexity index is 1100. The topological polar surface area (TPSA) is 46.6 Å². The van der Waals surface area contributed by atoms with E-state index in [1.807, 2.05) is 0 Å². The Kier molecular flexibility index (Phi) is 6.41. The van der Waals surface area contributed by atoms with Crippen molar-refractivity contribution in [2.45, 2.75) is 56.3 Å². The molecule has 0 aromatic heterocycles. The summed E-state index contributed by atoms with van der Waals surface area (Å²) in [5.74, 6) is -1.87. The standard InChI is InChI=1S/C24H20F7NO3/c1-12(14-6-15(23(26,27)28)8-16(7-14)24(29,30)31)35-20-11-32-19(9-18(33)10-21(32)34)22(20)13-2-4-17(25)5-3-13/h2-8,12,19-20,22H,9-11H2,1H3/t12-,19+,20+,22+/m1/s1. The molecule has 0 N–H and O–H groups in total. The molecule has 2 saturated heterocycles. The van der Waals surface area contributed by atoms with Gasteiger partial charge in [0, 0.05) is 24.9 Å². The smallest absolute Gasteiger partial charge is 0.368 e. The zero-order chi connectivity index (χ0) is 25.7. The summed E-state index contributed by atoms with van der Waals surface area (Å²) in [6.45, 7) is 1.32. The third-order valence-corrected chi connectivity index (χ3v) is 6.41. The summed E-state index contributed by atoms with van der Waals surface area (Å²) >= 11 is 0. The Hall–Kier alpha value is -2.95. The van der Waals surface area contributed by atoms with E-state index in [1.54, 1.807) is 0 Å². The molecule has 0 saturated carbocycles. The molecule has 2 heterocycles. The summed E-state index contributed by atoms with van der Waals surface area (Å²) in [5, 5.41) is 0. The van der Waals surface area contributed by atoms with Crippen molar-refractivity contribution in [2.24, 2.45) is 0 Å². The van der Waals surface area contributed by atoms with E-state index in [9.17, 15) is 40.3 Å². The third kappa shape index (κ3) is 5.19. The zero-order valence-electron chi connectivity index (χ0n) is 18.3. The van der Waals surface area contributed by atoms with Gasteiger partial charge in [-0.15, -0.1) is 0 Å². The fraction of sp³-hybridized carbons (Fsp3) is 0.417. The van der Waals surface area contributed by atoms with E-state index >= 15 is 0 Å². The van der Waals surface area contributed by atoms with Crippen molar-refractivity contribution in [2.75, 3.05) is 6.54 Å². The highest BCUT2D eigenvalue weighted by atomic mass is 19.4. The van der Waals surface area contributed by atoms with Crippen LogP contribution in [0.3, 0.4) is 0 Å². The second-order valence-electron chi connectivity index (χ2n) is 8.77. The number of Topliss-reactive ketones (excluding diaryl/α,β-unsaturated/α-hetero) is 1. The van der Waals surface area contributed by atoms with Crippen molar-refractivity contribution < 1.29 is 45.1 Å². The lowest BCUT2D eigenvalue weighted by Gasteiger charge is -2.32. The van der Waals surface area contributed by atoms with Gasteiger partial charge in [-0.25, -0.2) is 4.39 Å². The lowest BCUT2D eigenvalue weighted by Crippen LogP contribution is -2.44. The second-order valence-corrected chi connectivity index (χ2v) is 8.77. The molecule has 1 amide bonds. The monoisotopic (exact) mass is 503 g/mol. The molecule has 35 heavy (non-hydrogen) atoms. The van der Waals surface area contributed by atoms with E-state index in [4.69, 9.17) is 4.74 Å². The molecule has 2 aliphatic rings. The lowest BCUT2D eigenvalue weighted by molar-refractivity contribution is -0.144. The molecule has 2 aliphatic heterocycles. The van der Waals surface area contributed by atoms with E-state index in [2.05, 4.69) is 0 Å². The third-order valence-electron chi connectivity index (χ3n) is 6.41. The van der Waals surface area contributed by atoms with Crippen LogP contribution >= 0.6 is 0 Å². The molecule has 2 aromatic carbocycles.